The molecule has 0 saturated heterocycles. The van der Waals surface area contributed by atoms with Crippen LogP contribution < -0.4 is 11.1 Å². The Hall–Kier alpha value is -1.19. The molecule has 1 aromatic rings. The molecule has 3 N–H and O–H groups in total. The van der Waals surface area contributed by atoms with E-state index in [1.807, 2.05) is 11.6 Å². The fraction of sp³-hybridized carbons (Fsp3) is 0.750. The molecule has 16 heavy (non-hydrogen) atoms. The second-order valence-corrected chi connectivity index (χ2v) is 5.01. The summed E-state index contributed by atoms with van der Waals surface area (Å²) in [4.78, 5) is 0. The third-order valence-electron chi connectivity index (χ3n) is 3.32. The molecule has 1 aliphatic rings. The monoisotopic (exact) mass is 222 g/mol. The summed E-state index contributed by atoms with van der Waals surface area (Å²) in [6, 6.07) is 0.927. The molecule has 4 nitrogen and oxygen atoms in total. The van der Waals surface area contributed by atoms with Gasteiger partial charge in [-0.3, -0.25) is 0 Å². The molecule has 90 valence electrons. The van der Waals surface area contributed by atoms with Gasteiger partial charge in [0, 0.05) is 12.1 Å². The molecular weight excluding hydrogens is 200 g/mol. The molecule has 0 bridgehead atoms. The number of aryl methyl sites for hydroxylation is 1. The highest BCUT2D eigenvalue weighted by atomic mass is 15.4. The van der Waals surface area contributed by atoms with E-state index in [9.17, 15) is 0 Å². The van der Waals surface area contributed by atoms with Crippen molar-refractivity contribution < 1.29 is 0 Å². The van der Waals surface area contributed by atoms with E-state index in [0.717, 1.165) is 17.2 Å². The van der Waals surface area contributed by atoms with Crippen LogP contribution in [0.3, 0.4) is 0 Å². The summed E-state index contributed by atoms with van der Waals surface area (Å²) >= 11 is 0. The molecule has 2 rings (SSSR count). The highest BCUT2D eigenvalue weighted by Crippen LogP contribution is 2.29. The molecule has 4 heteroatoms. The van der Waals surface area contributed by atoms with Gasteiger partial charge >= 0.3 is 0 Å². The molecule has 0 amide bonds. The molecule has 0 atom stereocenters. The van der Waals surface area contributed by atoms with Crippen LogP contribution in [-0.4, -0.2) is 15.8 Å². The van der Waals surface area contributed by atoms with E-state index < -0.39 is 0 Å². The van der Waals surface area contributed by atoms with E-state index in [1.165, 1.54) is 25.7 Å². The van der Waals surface area contributed by atoms with Gasteiger partial charge in [0.2, 0.25) is 0 Å². The standard InChI is InChI=1S/C12H22N4/c1-8(2)16-12(11(13)9(3)15-16)14-10-6-4-5-7-10/h8,10,14H,4-7,13H2,1-3H3. The maximum Gasteiger partial charge on any atom is 0.148 e. The fourth-order valence-electron chi connectivity index (χ4n) is 2.34. The quantitative estimate of drug-likeness (QED) is 0.826. The average Bonchev–Trinajstić information content (AvgIpc) is 2.81. The lowest BCUT2D eigenvalue weighted by Gasteiger charge is -2.17. The predicted octanol–water partition coefficient (Wildman–Crippen LogP) is 2.71. The summed E-state index contributed by atoms with van der Waals surface area (Å²) in [5.41, 5.74) is 7.80. The van der Waals surface area contributed by atoms with E-state index in [0.29, 0.717) is 12.1 Å². The molecule has 0 radical (unpaired) electrons. The summed E-state index contributed by atoms with van der Waals surface area (Å²) in [6.45, 7) is 6.23. The second-order valence-electron chi connectivity index (χ2n) is 5.01. The Bertz CT molecular complexity index is 361. The third-order valence-corrected chi connectivity index (χ3v) is 3.32. The highest BCUT2D eigenvalue weighted by Gasteiger charge is 2.20. The number of nitrogens with one attached hydrogen (secondary N) is 1. The number of nitrogens with zero attached hydrogens (tertiary/aromatic N) is 2. The first-order chi connectivity index (χ1) is 7.59. The molecule has 1 saturated carbocycles. The zero-order valence-corrected chi connectivity index (χ0v) is 10.5. The lowest BCUT2D eigenvalue weighted by Crippen LogP contribution is -2.19. The zero-order chi connectivity index (χ0) is 11.7. The molecule has 0 spiro atoms. The van der Waals surface area contributed by atoms with Crippen LogP contribution in [0.15, 0.2) is 0 Å². The Kier molecular flexibility index (Phi) is 3.08. The second kappa shape index (κ2) is 4.36. The van der Waals surface area contributed by atoms with Gasteiger partial charge in [0.15, 0.2) is 0 Å². The maximum atomic E-state index is 6.07. The van der Waals surface area contributed by atoms with Crippen molar-refractivity contribution in [2.75, 3.05) is 11.1 Å². The Morgan fingerprint density at radius 1 is 1.38 bits per heavy atom. The Labute approximate surface area is 97.2 Å². The number of hydrogen-bond acceptors (Lipinski definition) is 3. The highest BCUT2D eigenvalue weighted by molar-refractivity contribution is 5.65. The van der Waals surface area contributed by atoms with E-state index >= 15 is 0 Å². The third kappa shape index (κ3) is 2.01. The van der Waals surface area contributed by atoms with Gasteiger partial charge in [-0.25, -0.2) is 4.68 Å². The van der Waals surface area contributed by atoms with Crippen molar-refractivity contribution in [3.8, 4) is 0 Å². The maximum absolute atomic E-state index is 6.07. The van der Waals surface area contributed by atoms with Crippen molar-refractivity contribution in [3.63, 3.8) is 0 Å². The number of hydrogen-bond donors (Lipinski definition) is 2. The van der Waals surface area contributed by atoms with Crippen molar-refractivity contribution in [1.82, 2.24) is 9.78 Å². The van der Waals surface area contributed by atoms with Crippen molar-refractivity contribution in [2.24, 2.45) is 0 Å². The SMILES string of the molecule is Cc1nn(C(C)C)c(NC2CCCC2)c1N. The summed E-state index contributed by atoms with van der Waals surface area (Å²) in [7, 11) is 0. The minimum Gasteiger partial charge on any atom is -0.394 e. The smallest absolute Gasteiger partial charge is 0.148 e. The van der Waals surface area contributed by atoms with E-state index in [1.54, 1.807) is 0 Å². The molecule has 1 aromatic heterocycles. The van der Waals surface area contributed by atoms with Gasteiger partial charge in [0.1, 0.15) is 5.82 Å². The average molecular weight is 222 g/mol. The van der Waals surface area contributed by atoms with Crippen LogP contribution in [0.2, 0.25) is 0 Å². The molecule has 0 unspecified atom stereocenters. The summed E-state index contributed by atoms with van der Waals surface area (Å²) in [5, 5.41) is 8.04. The van der Waals surface area contributed by atoms with Gasteiger partial charge < -0.3 is 11.1 Å². The summed E-state index contributed by atoms with van der Waals surface area (Å²) in [5.74, 6) is 1.01. The summed E-state index contributed by atoms with van der Waals surface area (Å²) in [6.07, 6.45) is 5.16. The number of nitrogens with two attached hydrogens (primary N) is 1. The van der Waals surface area contributed by atoms with E-state index in [2.05, 4.69) is 24.3 Å². The van der Waals surface area contributed by atoms with Gasteiger partial charge in [-0.15, -0.1) is 0 Å². The fourth-order valence-corrected chi connectivity index (χ4v) is 2.34. The number of aromatic nitrogens is 2. The summed E-state index contributed by atoms with van der Waals surface area (Å²) < 4.78 is 2.00. The zero-order valence-electron chi connectivity index (χ0n) is 10.5. The number of anilines is 2. The van der Waals surface area contributed by atoms with Crippen LogP contribution >= 0.6 is 0 Å². The lowest BCUT2D eigenvalue weighted by atomic mass is 10.2. The Morgan fingerprint density at radius 2 is 2.00 bits per heavy atom. The van der Waals surface area contributed by atoms with Gasteiger partial charge in [-0.2, -0.15) is 5.10 Å². The molecule has 0 aliphatic heterocycles. The van der Waals surface area contributed by atoms with Crippen molar-refractivity contribution >= 4 is 11.5 Å². The van der Waals surface area contributed by atoms with Crippen LogP contribution in [0.5, 0.6) is 0 Å². The topological polar surface area (TPSA) is 55.9 Å². The lowest BCUT2D eigenvalue weighted by molar-refractivity contribution is 0.530. The molecular formula is C12H22N4. The van der Waals surface area contributed by atoms with Crippen LogP contribution in [0.4, 0.5) is 11.5 Å². The Balaban J connectivity index is 2.23. The number of rotatable bonds is 3. The normalized spacial score (nSPS) is 17.2. The van der Waals surface area contributed by atoms with Gasteiger partial charge in [0.25, 0.3) is 0 Å². The van der Waals surface area contributed by atoms with Crippen LogP contribution in [-0.2, 0) is 0 Å². The largest absolute Gasteiger partial charge is 0.394 e. The van der Waals surface area contributed by atoms with E-state index in [-0.39, 0.29) is 0 Å². The molecule has 1 fully saturated rings. The van der Waals surface area contributed by atoms with E-state index in [4.69, 9.17) is 5.73 Å². The first kappa shape index (κ1) is 11.3. The van der Waals surface area contributed by atoms with Crippen molar-refractivity contribution in [2.45, 2.75) is 58.5 Å². The van der Waals surface area contributed by atoms with Gasteiger partial charge in [-0.05, 0) is 33.6 Å². The minimum absolute atomic E-state index is 0.347. The molecule has 1 heterocycles. The molecule has 0 aromatic carbocycles. The first-order valence-electron chi connectivity index (χ1n) is 6.20. The van der Waals surface area contributed by atoms with Gasteiger partial charge in [-0.1, -0.05) is 12.8 Å². The Morgan fingerprint density at radius 3 is 2.56 bits per heavy atom. The van der Waals surface area contributed by atoms with Crippen molar-refractivity contribution in [1.29, 1.82) is 0 Å². The minimum atomic E-state index is 0.347. The van der Waals surface area contributed by atoms with Crippen LogP contribution in [0, 0.1) is 6.92 Å². The number of nitrogen functional groups attached to an aromatic ring is 1. The van der Waals surface area contributed by atoms with Crippen LogP contribution in [0.25, 0.3) is 0 Å². The predicted molar refractivity (Wildman–Crippen MR) is 67.6 cm³/mol. The van der Waals surface area contributed by atoms with Gasteiger partial charge in [0.05, 0.1) is 11.4 Å². The first-order valence-corrected chi connectivity index (χ1v) is 6.20. The van der Waals surface area contributed by atoms with Crippen LogP contribution in [0.1, 0.15) is 51.3 Å². The van der Waals surface area contributed by atoms with Crippen molar-refractivity contribution in [3.05, 3.63) is 5.69 Å². The molecule has 1 aliphatic carbocycles.